The number of halogens is 1. The smallest absolute Gasteiger partial charge is 0.331 e. The van der Waals surface area contributed by atoms with Gasteiger partial charge in [-0.15, -0.1) is 11.3 Å². The molecule has 1 aromatic heterocycles. The second-order valence-corrected chi connectivity index (χ2v) is 9.06. The summed E-state index contributed by atoms with van der Waals surface area (Å²) < 4.78 is 21.8. The van der Waals surface area contributed by atoms with Gasteiger partial charge in [0.05, 0.1) is 25.7 Å². The molecule has 1 aliphatic heterocycles. The highest BCUT2D eigenvalue weighted by molar-refractivity contribution is 7.16. The van der Waals surface area contributed by atoms with E-state index in [-0.39, 0.29) is 12.5 Å². The summed E-state index contributed by atoms with van der Waals surface area (Å²) in [5.74, 6) is 0.598. The molecule has 1 amide bonds. The van der Waals surface area contributed by atoms with Gasteiger partial charge in [0.15, 0.2) is 18.1 Å². The van der Waals surface area contributed by atoms with Crippen LogP contribution in [0.5, 0.6) is 17.2 Å². The van der Waals surface area contributed by atoms with Crippen molar-refractivity contribution in [3.05, 3.63) is 45.1 Å². The van der Waals surface area contributed by atoms with Crippen LogP contribution in [0.4, 0.5) is 0 Å². The molecule has 0 unspecified atom stereocenters. The molecule has 8 nitrogen and oxygen atoms in total. The van der Waals surface area contributed by atoms with Crippen molar-refractivity contribution in [2.75, 3.05) is 54.1 Å². The Bertz CT molecular complexity index is 976. The molecule has 0 radical (unpaired) electrons. The highest BCUT2D eigenvalue weighted by Gasteiger charge is 2.22. The summed E-state index contributed by atoms with van der Waals surface area (Å²) in [6.45, 7) is 3.24. The molecule has 1 aromatic carbocycles. The first-order valence-electron chi connectivity index (χ1n) is 10.3. The van der Waals surface area contributed by atoms with Gasteiger partial charge in [-0.25, -0.2) is 4.79 Å². The average Bonchev–Trinajstić information content (AvgIpc) is 3.25. The van der Waals surface area contributed by atoms with E-state index >= 15 is 0 Å². The lowest BCUT2D eigenvalue weighted by Crippen LogP contribution is -2.49. The van der Waals surface area contributed by atoms with Crippen LogP contribution in [0.1, 0.15) is 10.4 Å². The zero-order chi connectivity index (χ0) is 23.8. The fraction of sp³-hybridized carbons (Fsp3) is 0.391. The van der Waals surface area contributed by atoms with Gasteiger partial charge >= 0.3 is 5.97 Å². The minimum atomic E-state index is -0.606. The van der Waals surface area contributed by atoms with Gasteiger partial charge in [0, 0.05) is 43.7 Å². The molecular formula is C23H27ClN2O6S. The predicted octanol–water partition coefficient (Wildman–Crippen LogP) is 3.33. The maximum Gasteiger partial charge on any atom is 0.331 e. The standard InChI is InChI=1S/C23H27ClN2O6S/c1-29-18-12-16(13-19(30-2)23(18)31-3)4-7-22(28)32-15-21(27)26-10-8-25(9-11-26)14-17-5-6-20(24)33-17/h4-7,12-13H,8-11,14-15H2,1-3H3/b7-4+. The highest BCUT2D eigenvalue weighted by Crippen LogP contribution is 2.38. The van der Waals surface area contributed by atoms with Crippen LogP contribution in [-0.4, -0.2) is 75.8 Å². The van der Waals surface area contributed by atoms with Gasteiger partial charge in [0.2, 0.25) is 5.75 Å². The lowest BCUT2D eigenvalue weighted by molar-refractivity contribution is -0.149. The molecule has 1 saturated heterocycles. The van der Waals surface area contributed by atoms with Crippen molar-refractivity contribution in [1.82, 2.24) is 9.80 Å². The molecule has 3 rings (SSSR count). The summed E-state index contributed by atoms with van der Waals surface area (Å²) in [6.07, 6.45) is 2.82. The van der Waals surface area contributed by atoms with Crippen LogP contribution in [0.2, 0.25) is 4.34 Å². The third-order valence-corrected chi connectivity index (χ3v) is 6.39. The molecule has 10 heteroatoms. The molecule has 33 heavy (non-hydrogen) atoms. The fourth-order valence-electron chi connectivity index (χ4n) is 3.45. The second-order valence-electron chi connectivity index (χ2n) is 7.26. The van der Waals surface area contributed by atoms with E-state index in [0.717, 1.165) is 24.0 Å². The fourth-order valence-corrected chi connectivity index (χ4v) is 4.58. The topological polar surface area (TPSA) is 77.5 Å². The van der Waals surface area contributed by atoms with Gasteiger partial charge in [0.25, 0.3) is 5.91 Å². The number of hydrogen-bond donors (Lipinski definition) is 0. The number of ether oxygens (including phenoxy) is 4. The number of piperazine rings is 1. The molecule has 0 spiro atoms. The van der Waals surface area contributed by atoms with Crippen molar-refractivity contribution in [2.45, 2.75) is 6.54 Å². The first-order valence-corrected chi connectivity index (χ1v) is 11.5. The predicted molar refractivity (Wildman–Crippen MR) is 127 cm³/mol. The zero-order valence-corrected chi connectivity index (χ0v) is 20.4. The van der Waals surface area contributed by atoms with Gasteiger partial charge in [0.1, 0.15) is 0 Å². The molecule has 1 fully saturated rings. The molecule has 178 valence electrons. The summed E-state index contributed by atoms with van der Waals surface area (Å²) in [7, 11) is 4.55. The van der Waals surface area contributed by atoms with Crippen LogP contribution in [0.3, 0.4) is 0 Å². The average molecular weight is 495 g/mol. The lowest BCUT2D eigenvalue weighted by atomic mass is 10.1. The molecule has 1 aliphatic rings. The van der Waals surface area contributed by atoms with Crippen LogP contribution in [-0.2, 0) is 20.9 Å². The first-order chi connectivity index (χ1) is 15.9. The van der Waals surface area contributed by atoms with E-state index < -0.39 is 5.97 Å². The van der Waals surface area contributed by atoms with Gasteiger partial charge in [-0.05, 0) is 35.9 Å². The van der Waals surface area contributed by atoms with Crippen molar-refractivity contribution in [1.29, 1.82) is 0 Å². The quantitative estimate of drug-likeness (QED) is 0.391. The van der Waals surface area contributed by atoms with Crippen LogP contribution in [0, 0.1) is 0 Å². The maximum absolute atomic E-state index is 12.4. The van der Waals surface area contributed by atoms with Gasteiger partial charge in [-0.2, -0.15) is 0 Å². The van der Waals surface area contributed by atoms with E-state index in [4.69, 9.17) is 30.5 Å². The minimum absolute atomic E-state index is 0.205. The highest BCUT2D eigenvalue weighted by atomic mass is 35.5. The number of hydrogen-bond acceptors (Lipinski definition) is 8. The Morgan fingerprint density at radius 3 is 2.24 bits per heavy atom. The molecule has 2 aromatic rings. The number of nitrogens with zero attached hydrogens (tertiary/aromatic N) is 2. The number of thiophene rings is 1. The van der Waals surface area contributed by atoms with E-state index in [2.05, 4.69) is 4.90 Å². The second kappa shape index (κ2) is 11.9. The van der Waals surface area contributed by atoms with Crippen LogP contribution >= 0.6 is 22.9 Å². The zero-order valence-electron chi connectivity index (χ0n) is 18.8. The number of carbonyl (C=O) groups excluding carboxylic acids is 2. The summed E-state index contributed by atoms with van der Waals surface area (Å²) >= 11 is 7.55. The van der Waals surface area contributed by atoms with E-state index in [1.165, 1.54) is 32.3 Å². The number of methoxy groups -OCH3 is 3. The Kier molecular flexibility index (Phi) is 8.99. The normalized spacial score (nSPS) is 14.4. The number of rotatable bonds is 9. The van der Waals surface area contributed by atoms with E-state index in [1.54, 1.807) is 34.4 Å². The SMILES string of the molecule is COc1cc(/C=C/C(=O)OCC(=O)N2CCN(Cc3ccc(Cl)s3)CC2)cc(OC)c1OC. The Morgan fingerprint density at radius 1 is 1.03 bits per heavy atom. The first kappa shape index (κ1) is 24.9. The lowest BCUT2D eigenvalue weighted by Gasteiger charge is -2.34. The summed E-state index contributed by atoms with van der Waals surface area (Å²) in [4.78, 5) is 29.7. The number of benzene rings is 1. The number of amides is 1. The molecule has 0 N–H and O–H groups in total. The molecule has 0 aliphatic carbocycles. The van der Waals surface area contributed by atoms with Crippen LogP contribution in [0.15, 0.2) is 30.3 Å². The van der Waals surface area contributed by atoms with Crippen LogP contribution in [0.25, 0.3) is 6.08 Å². The van der Waals surface area contributed by atoms with Gasteiger partial charge < -0.3 is 23.8 Å². The third-order valence-electron chi connectivity index (χ3n) is 5.17. The molecule has 0 saturated carbocycles. The Morgan fingerprint density at radius 2 is 1.70 bits per heavy atom. The number of esters is 1. The third kappa shape index (κ3) is 6.86. The molecule has 0 atom stereocenters. The summed E-state index contributed by atoms with van der Waals surface area (Å²) in [5, 5.41) is 0. The van der Waals surface area contributed by atoms with Crippen molar-refractivity contribution >= 4 is 40.9 Å². The van der Waals surface area contributed by atoms with Gasteiger partial charge in [-0.1, -0.05) is 11.6 Å². The molecule has 0 bridgehead atoms. The van der Waals surface area contributed by atoms with E-state index in [9.17, 15) is 9.59 Å². The van der Waals surface area contributed by atoms with Crippen molar-refractivity contribution in [3.63, 3.8) is 0 Å². The van der Waals surface area contributed by atoms with E-state index in [1.807, 2.05) is 12.1 Å². The summed E-state index contributed by atoms with van der Waals surface area (Å²) in [6, 6.07) is 7.33. The Balaban J connectivity index is 1.46. The maximum atomic E-state index is 12.4. The largest absolute Gasteiger partial charge is 0.493 e. The molecular weight excluding hydrogens is 468 g/mol. The molecule has 2 heterocycles. The Hall–Kier alpha value is -2.75. The summed E-state index contributed by atoms with van der Waals surface area (Å²) in [5.41, 5.74) is 0.663. The van der Waals surface area contributed by atoms with Crippen molar-refractivity contribution < 1.29 is 28.5 Å². The van der Waals surface area contributed by atoms with Crippen LogP contribution < -0.4 is 14.2 Å². The number of carbonyl (C=O) groups is 2. The van der Waals surface area contributed by atoms with E-state index in [0.29, 0.717) is 35.9 Å². The minimum Gasteiger partial charge on any atom is -0.493 e. The van der Waals surface area contributed by atoms with Crippen molar-refractivity contribution in [2.24, 2.45) is 0 Å². The van der Waals surface area contributed by atoms with Gasteiger partial charge in [-0.3, -0.25) is 9.69 Å². The Labute approximate surface area is 202 Å². The van der Waals surface area contributed by atoms with Crippen molar-refractivity contribution in [3.8, 4) is 17.2 Å². The monoisotopic (exact) mass is 494 g/mol.